The molecule has 0 saturated carbocycles. The van der Waals surface area contributed by atoms with Crippen molar-refractivity contribution in [1.29, 1.82) is 0 Å². The van der Waals surface area contributed by atoms with Crippen molar-refractivity contribution in [2.45, 2.75) is 6.42 Å². The predicted molar refractivity (Wildman–Crippen MR) is 55.1 cm³/mol. The molecule has 0 fully saturated rings. The minimum atomic E-state index is 0.671. The molecule has 0 aliphatic rings. The van der Waals surface area contributed by atoms with Crippen LogP contribution in [0.3, 0.4) is 0 Å². The van der Waals surface area contributed by atoms with E-state index in [4.69, 9.17) is 11.6 Å². The number of aromatic nitrogens is 3. The average molecular weight is 207 g/mol. The molecular weight excluding hydrogens is 198 g/mol. The van der Waals surface area contributed by atoms with E-state index in [0.29, 0.717) is 12.1 Å². The Morgan fingerprint density at radius 2 is 2.14 bits per heavy atom. The maximum absolute atomic E-state index is 6.02. The Morgan fingerprint density at radius 1 is 1.36 bits per heavy atom. The molecule has 3 nitrogen and oxygen atoms in total. The molecule has 0 amide bonds. The van der Waals surface area contributed by atoms with Crippen LogP contribution < -0.4 is 0 Å². The summed E-state index contributed by atoms with van der Waals surface area (Å²) in [7, 11) is 0. The van der Waals surface area contributed by atoms with Crippen LogP contribution in [-0.4, -0.2) is 15.4 Å². The Morgan fingerprint density at radius 3 is 2.79 bits per heavy atom. The van der Waals surface area contributed by atoms with Gasteiger partial charge in [0.15, 0.2) is 0 Å². The van der Waals surface area contributed by atoms with Gasteiger partial charge in [-0.1, -0.05) is 35.0 Å². The molecule has 0 aliphatic carbocycles. The summed E-state index contributed by atoms with van der Waals surface area (Å²) >= 11 is 6.02. The summed E-state index contributed by atoms with van der Waals surface area (Å²) in [5.74, 6) is 0. The van der Waals surface area contributed by atoms with Gasteiger partial charge in [0.1, 0.15) is 0 Å². The van der Waals surface area contributed by atoms with Gasteiger partial charge in [0.05, 0.1) is 11.4 Å². The number of rotatable bonds is 2. The minimum Gasteiger partial charge on any atom is -0.262 e. The van der Waals surface area contributed by atoms with E-state index in [-0.39, 0.29) is 0 Å². The normalized spacial score (nSPS) is 10.4. The highest BCUT2D eigenvalue weighted by Gasteiger charge is 2.05. The standard InChI is InChI=1S/C10H9ClN3/c1-7-10(13-14-12-7)6-8-4-2-3-5-9(8)11/h2-5H,1,6H2,(H,12,13,14). The van der Waals surface area contributed by atoms with E-state index in [1.807, 2.05) is 24.3 Å². The summed E-state index contributed by atoms with van der Waals surface area (Å²) in [6.45, 7) is 3.76. The zero-order valence-corrected chi connectivity index (χ0v) is 8.25. The summed E-state index contributed by atoms with van der Waals surface area (Å²) in [5.41, 5.74) is 2.62. The molecule has 2 rings (SSSR count). The third-order valence-corrected chi connectivity index (χ3v) is 2.40. The lowest BCUT2D eigenvalue weighted by Gasteiger charge is -2.01. The van der Waals surface area contributed by atoms with Gasteiger partial charge in [-0.25, -0.2) is 0 Å². The van der Waals surface area contributed by atoms with E-state index >= 15 is 0 Å². The number of nitrogens with one attached hydrogen (secondary N) is 1. The molecule has 1 aromatic heterocycles. The number of nitrogens with zero attached hydrogens (tertiary/aromatic N) is 2. The smallest absolute Gasteiger partial charge is 0.0863 e. The first kappa shape index (κ1) is 9.21. The van der Waals surface area contributed by atoms with E-state index in [1.165, 1.54) is 0 Å². The molecule has 1 heterocycles. The van der Waals surface area contributed by atoms with E-state index in [0.717, 1.165) is 16.3 Å². The quantitative estimate of drug-likeness (QED) is 0.819. The van der Waals surface area contributed by atoms with Crippen molar-refractivity contribution >= 4 is 11.6 Å². The monoisotopic (exact) mass is 206 g/mol. The highest BCUT2D eigenvalue weighted by molar-refractivity contribution is 6.31. The maximum atomic E-state index is 6.02. The van der Waals surface area contributed by atoms with Crippen LogP contribution in [0.15, 0.2) is 24.3 Å². The number of aromatic amines is 1. The zero-order valence-electron chi connectivity index (χ0n) is 7.50. The van der Waals surface area contributed by atoms with Crippen LogP contribution in [0.1, 0.15) is 17.0 Å². The van der Waals surface area contributed by atoms with E-state index in [1.54, 1.807) is 0 Å². The van der Waals surface area contributed by atoms with Crippen LogP contribution in [-0.2, 0) is 6.42 Å². The Bertz CT molecular complexity index is 436. The molecule has 1 aromatic carbocycles. The molecule has 1 N–H and O–H groups in total. The van der Waals surface area contributed by atoms with E-state index in [2.05, 4.69) is 22.3 Å². The third-order valence-electron chi connectivity index (χ3n) is 2.03. The molecular formula is C10H9ClN3. The number of benzene rings is 1. The summed E-state index contributed by atoms with van der Waals surface area (Å²) in [5, 5.41) is 11.0. The Kier molecular flexibility index (Phi) is 2.50. The fourth-order valence-electron chi connectivity index (χ4n) is 1.24. The highest BCUT2D eigenvalue weighted by atomic mass is 35.5. The Hall–Kier alpha value is -1.35. The SMILES string of the molecule is [CH2]c1nn[nH]c1Cc1ccccc1Cl. The van der Waals surface area contributed by atoms with Crippen molar-refractivity contribution in [1.82, 2.24) is 15.4 Å². The summed E-state index contributed by atoms with van der Waals surface area (Å²) in [6, 6.07) is 7.70. The molecule has 4 heteroatoms. The number of halogens is 1. The molecule has 71 valence electrons. The lowest BCUT2D eigenvalue weighted by Crippen LogP contribution is -1.91. The van der Waals surface area contributed by atoms with Crippen LogP contribution >= 0.6 is 11.6 Å². The Balaban J connectivity index is 2.28. The van der Waals surface area contributed by atoms with Gasteiger partial charge in [0, 0.05) is 11.4 Å². The minimum absolute atomic E-state index is 0.671. The van der Waals surface area contributed by atoms with Crippen molar-refractivity contribution < 1.29 is 0 Å². The second-order valence-corrected chi connectivity index (χ2v) is 3.41. The fourth-order valence-corrected chi connectivity index (χ4v) is 1.45. The topological polar surface area (TPSA) is 41.6 Å². The van der Waals surface area contributed by atoms with Gasteiger partial charge in [-0.3, -0.25) is 5.10 Å². The number of H-pyrrole nitrogens is 1. The molecule has 0 aliphatic heterocycles. The van der Waals surface area contributed by atoms with Crippen LogP contribution in [0.2, 0.25) is 5.02 Å². The largest absolute Gasteiger partial charge is 0.262 e. The first-order valence-electron chi connectivity index (χ1n) is 4.22. The van der Waals surface area contributed by atoms with Crippen LogP contribution in [0.25, 0.3) is 0 Å². The second kappa shape index (κ2) is 3.80. The summed E-state index contributed by atoms with van der Waals surface area (Å²) < 4.78 is 0. The molecule has 2 aromatic rings. The lowest BCUT2D eigenvalue weighted by atomic mass is 10.1. The third kappa shape index (κ3) is 1.77. The van der Waals surface area contributed by atoms with Crippen molar-refractivity contribution in [3.05, 3.63) is 53.2 Å². The van der Waals surface area contributed by atoms with Crippen molar-refractivity contribution in [3.8, 4) is 0 Å². The summed E-state index contributed by atoms with van der Waals surface area (Å²) in [6.07, 6.45) is 0.686. The predicted octanol–water partition coefficient (Wildman–Crippen LogP) is 2.23. The molecule has 14 heavy (non-hydrogen) atoms. The van der Waals surface area contributed by atoms with Crippen LogP contribution in [0, 0.1) is 6.92 Å². The average Bonchev–Trinajstić information content (AvgIpc) is 2.56. The first-order valence-corrected chi connectivity index (χ1v) is 4.60. The lowest BCUT2D eigenvalue weighted by molar-refractivity contribution is 0.914. The zero-order chi connectivity index (χ0) is 9.97. The van der Waals surface area contributed by atoms with Gasteiger partial charge < -0.3 is 0 Å². The number of hydrogen-bond acceptors (Lipinski definition) is 2. The van der Waals surface area contributed by atoms with Gasteiger partial charge in [-0.15, -0.1) is 5.10 Å². The molecule has 0 spiro atoms. The van der Waals surface area contributed by atoms with E-state index in [9.17, 15) is 0 Å². The molecule has 0 saturated heterocycles. The molecule has 0 unspecified atom stereocenters. The number of hydrogen-bond donors (Lipinski definition) is 1. The van der Waals surface area contributed by atoms with E-state index < -0.39 is 0 Å². The van der Waals surface area contributed by atoms with Crippen LogP contribution in [0.4, 0.5) is 0 Å². The van der Waals surface area contributed by atoms with Gasteiger partial charge in [0.25, 0.3) is 0 Å². The molecule has 0 atom stereocenters. The van der Waals surface area contributed by atoms with Gasteiger partial charge in [-0.2, -0.15) is 0 Å². The fraction of sp³-hybridized carbons (Fsp3) is 0.100. The van der Waals surface area contributed by atoms with Gasteiger partial charge in [0.2, 0.25) is 0 Å². The highest BCUT2D eigenvalue weighted by Crippen LogP contribution is 2.18. The van der Waals surface area contributed by atoms with Gasteiger partial charge >= 0.3 is 0 Å². The maximum Gasteiger partial charge on any atom is 0.0863 e. The van der Waals surface area contributed by atoms with Crippen molar-refractivity contribution in [2.24, 2.45) is 0 Å². The molecule has 0 bridgehead atoms. The molecule has 1 radical (unpaired) electrons. The Labute approximate surface area is 87.1 Å². The van der Waals surface area contributed by atoms with Gasteiger partial charge in [-0.05, 0) is 18.6 Å². The first-order chi connectivity index (χ1) is 6.77. The van der Waals surface area contributed by atoms with Crippen molar-refractivity contribution in [2.75, 3.05) is 0 Å². The summed E-state index contributed by atoms with van der Waals surface area (Å²) in [4.78, 5) is 0. The van der Waals surface area contributed by atoms with Crippen LogP contribution in [0.5, 0.6) is 0 Å². The second-order valence-electron chi connectivity index (χ2n) is 3.01. The van der Waals surface area contributed by atoms with Crippen molar-refractivity contribution in [3.63, 3.8) is 0 Å².